The topological polar surface area (TPSA) is 123 Å². The van der Waals surface area contributed by atoms with Crippen molar-refractivity contribution in [3.05, 3.63) is 64.7 Å². The quantitative estimate of drug-likeness (QED) is 0.484. The molecule has 0 atom stereocenters. The molecule has 0 aliphatic carbocycles. The fourth-order valence-electron chi connectivity index (χ4n) is 3.06. The van der Waals surface area contributed by atoms with Crippen molar-refractivity contribution in [2.75, 3.05) is 31.1 Å². The number of benzene rings is 1. The molecule has 1 aliphatic rings. The van der Waals surface area contributed by atoms with E-state index in [4.69, 9.17) is 0 Å². The summed E-state index contributed by atoms with van der Waals surface area (Å²) in [6.45, 7) is 2.00. The summed E-state index contributed by atoms with van der Waals surface area (Å²) in [5.41, 5.74) is -0.0672. The number of carbonyl (C=O) groups is 1. The minimum Gasteiger partial charge on any atom is -0.352 e. The van der Waals surface area contributed by atoms with Crippen molar-refractivity contribution < 1.29 is 9.72 Å². The SMILES string of the molecule is O=C(c1ccccc1[N+](=O)[O-])N1CCN(c2ccc(-n3cncn3)nn2)CC1. The molecule has 3 aromatic rings. The molecule has 11 nitrogen and oxygen atoms in total. The van der Waals surface area contributed by atoms with Crippen molar-refractivity contribution in [1.82, 2.24) is 29.9 Å². The Balaban J connectivity index is 1.42. The number of carbonyl (C=O) groups excluding carboxylic acids is 1. The number of nitrogens with zero attached hydrogens (tertiary/aromatic N) is 8. The number of nitro groups is 1. The molecule has 28 heavy (non-hydrogen) atoms. The molecule has 0 N–H and O–H groups in total. The number of hydrogen-bond acceptors (Lipinski definition) is 8. The third-order valence-corrected chi connectivity index (χ3v) is 4.51. The second-order valence-corrected chi connectivity index (χ2v) is 6.14. The molecule has 1 aliphatic heterocycles. The number of aromatic nitrogens is 5. The van der Waals surface area contributed by atoms with Crippen LogP contribution >= 0.6 is 0 Å². The lowest BCUT2D eigenvalue weighted by molar-refractivity contribution is -0.385. The predicted octanol–water partition coefficient (Wildman–Crippen LogP) is 0.928. The number of anilines is 1. The molecule has 1 fully saturated rings. The Morgan fingerprint density at radius 3 is 2.36 bits per heavy atom. The maximum Gasteiger partial charge on any atom is 0.282 e. The van der Waals surface area contributed by atoms with Gasteiger partial charge in [0.2, 0.25) is 0 Å². The monoisotopic (exact) mass is 380 g/mol. The largest absolute Gasteiger partial charge is 0.352 e. The van der Waals surface area contributed by atoms with Crippen LogP contribution in [0.2, 0.25) is 0 Å². The Bertz CT molecular complexity index is 982. The average Bonchev–Trinajstić information content (AvgIpc) is 3.28. The second kappa shape index (κ2) is 7.39. The van der Waals surface area contributed by atoms with Crippen molar-refractivity contribution in [3.63, 3.8) is 0 Å². The van der Waals surface area contributed by atoms with Gasteiger partial charge in [0.05, 0.1) is 4.92 Å². The third kappa shape index (κ3) is 3.37. The van der Waals surface area contributed by atoms with Gasteiger partial charge in [-0.25, -0.2) is 9.67 Å². The van der Waals surface area contributed by atoms with Gasteiger partial charge in [0, 0.05) is 32.2 Å². The zero-order valence-corrected chi connectivity index (χ0v) is 14.7. The first kappa shape index (κ1) is 17.5. The summed E-state index contributed by atoms with van der Waals surface area (Å²) in [6, 6.07) is 9.64. The first-order valence-electron chi connectivity index (χ1n) is 8.60. The van der Waals surface area contributed by atoms with Crippen LogP contribution in [0.3, 0.4) is 0 Å². The van der Waals surface area contributed by atoms with Gasteiger partial charge in [-0.3, -0.25) is 14.9 Å². The van der Waals surface area contributed by atoms with Gasteiger partial charge in [-0.15, -0.1) is 10.2 Å². The zero-order chi connectivity index (χ0) is 19.5. The van der Waals surface area contributed by atoms with Crippen LogP contribution in [0, 0.1) is 10.1 Å². The van der Waals surface area contributed by atoms with E-state index in [-0.39, 0.29) is 17.2 Å². The smallest absolute Gasteiger partial charge is 0.282 e. The molecule has 11 heteroatoms. The van der Waals surface area contributed by atoms with E-state index < -0.39 is 4.92 Å². The molecular weight excluding hydrogens is 364 g/mol. The number of rotatable bonds is 4. The Kier molecular flexibility index (Phi) is 4.62. The summed E-state index contributed by atoms with van der Waals surface area (Å²) in [5.74, 6) is 0.924. The van der Waals surface area contributed by atoms with Gasteiger partial charge in [0.25, 0.3) is 11.6 Å². The molecule has 1 aromatic carbocycles. The van der Waals surface area contributed by atoms with Crippen molar-refractivity contribution >= 4 is 17.4 Å². The maximum atomic E-state index is 12.7. The molecule has 4 rings (SSSR count). The number of nitro benzene ring substituents is 1. The Morgan fingerprint density at radius 1 is 1.00 bits per heavy atom. The van der Waals surface area contributed by atoms with E-state index in [0.717, 1.165) is 0 Å². The van der Waals surface area contributed by atoms with Crippen LogP contribution in [0.4, 0.5) is 11.5 Å². The van der Waals surface area contributed by atoms with Crippen LogP contribution in [0.15, 0.2) is 49.1 Å². The summed E-state index contributed by atoms with van der Waals surface area (Å²) in [5, 5.41) is 23.5. The molecule has 3 heterocycles. The lowest BCUT2D eigenvalue weighted by Crippen LogP contribution is -2.49. The molecule has 1 saturated heterocycles. The number of amides is 1. The normalized spacial score (nSPS) is 14.1. The molecule has 0 unspecified atom stereocenters. The minimum atomic E-state index is -0.532. The number of piperazine rings is 1. The van der Waals surface area contributed by atoms with Crippen LogP contribution in [0.1, 0.15) is 10.4 Å². The van der Waals surface area contributed by atoms with E-state index in [9.17, 15) is 14.9 Å². The summed E-state index contributed by atoms with van der Waals surface area (Å²) in [7, 11) is 0. The molecule has 0 saturated carbocycles. The van der Waals surface area contributed by atoms with Gasteiger partial charge in [0.15, 0.2) is 11.6 Å². The van der Waals surface area contributed by atoms with E-state index in [1.165, 1.54) is 29.5 Å². The lowest BCUT2D eigenvalue weighted by Gasteiger charge is -2.35. The van der Waals surface area contributed by atoms with Crippen molar-refractivity contribution in [3.8, 4) is 5.82 Å². The van der Waals surface area contributed by atoms with Crippen molar-refractivity contribution in [1.29, 1.82) is 0 Å². The van der Waals surface area contributed by atoms with Gasteiger partial charge in [0.1, 0.15) is 18.2 Å². The zero-order valence-electron chi connectivity index (χ0n) is 14.7. The molecule has 0 radical (unpaired) electrons. The van der Waals surface area contributed by atoms with E-state index in [1.807, 2.05) is 11.0 Å². The van der Waals surface area contributed by atoms with Gasteiger partial charge in [-0.2, -0.15) is 5.10 Å². The summed E-state index contributed by atoms with van der Waals surface area (Å²) >= 11 is 0. The molecule has 142 valence electrons. The fraction of sp³-hybridized carbons (Fsp3) is 0.235. The molecule has 1 amide bonds. The number of hydrogen-bond donors (Lipinski definition) is 0. The Morgan fingerprint density at radius 2 is 1.71 bits per heavy atom. The standard InChI is InChI=1S/C17H16N8O3/c26-17(13-3-1-2-4-14(13)25(27)28)23-9-7-22(8-10-23)15-5-6-16(21-20-15)24-12-18-11-19-24/h1-6,11-12H,7-10H2. The summed E-state index contributed by atoms with van der Waals surface area (Å²) < 4.78 is 1.51. The van der Waals surface area contributed by atoms with Gasteiger partial charge in [-0.1, -0.05) is 12.1 Å². The predicted molar refractivity (Wildman–Crippen MR) is 98.2 cm³/mol. The highest BCUT2D eigenvalue weighted by molar-refractivity contribution is 5.98. The fourth-order valence-corrected chi connectivity index (χ4v) is 3.06. The number of para-hydroxylation sites is 1. The highest BCUT2D eigenvalue weighted by Crippen LogP contribution is 2.21. The van der Waals surface area contributed by atoms with Crippen LogP contribution in [-0.4, -0.2) is 66.9 Å². The van der Waals surface area contributed by atoms with Gasteiger partial charge in [-0.05, 0) is 18.2 Å². The van der Waals surface area contributed by atoms with Gasteiger partial charge < -0.3 is 9.80 Å². The Labute approximate surface area is 159 Å². The summed E-state index contributed by atoms with van der Waals surface area (Å²) in [4.78, 5) is 30.8. The van der Waals surface area contributed by atoms with Crippen LogP contribution in [0.25, 0.3) is 5.82 Å². The highest BCUT2D eigenvalue weighted by Gasteiger charge is 2.27. The molecule has 0 spiro atoms. The summed E-state index contributed by atoms with van der Waals surface area (Å²) in [6.07, 6.45) is 2.96. The third-order valence-electron chi connectivity index (χ3n) is 4.51. The van der Waals surface area contributed by atoms with E-state index in [1.54, 1.807) is 23.1 Å². The van der Waals surface area contributed by atoms with Crippen molar-refractivity contribution in [2.45, 2.75) is 0 Å². The van der Waals surface area contributed by atoms with Crippen molar-refractivity contribution in [2.24, 2.45) is 0 Å². The van der Waals surface area contributed by atoms with Crippen LogP contribution in [-0.2, 0) is 0 Å². The molecule has 0 bridgehead atoms. The average molecular weight is 380 g/mol. The van der Waals surface area contributed by atoms with E-state index in [2.05, 4.69) is 20.3 Å². The van der Waals surface area contributed by atoms with E-state index in [0.29, 0.717) is 37.8 Å². The Hall–Kier alpha value is -3.89. The maximum absolute atomic E-state index is 12.7. The molecule has 2 aromatic heterocycles. The molecular formula is C17H16N8O3. The lowest BCUT2D eigenvalue weighted by atomic mass is 10.1. The van der Waals surface area contributed by atoms with Crippen LogP contribution < -0.4 is 4.90 Å². The van der Waals surface area contributed by atoms with Crippen LogP contribution in [0.5, 0.6) is 0 Å². The van der Waals surface area contributed by atoms with E-state index >= 15 is 0 Å². The first-order chi connectivity index (χ1) is 13.6. The second-order valence-electron chi connectivity index (χ2n) is 6.14. The first-order valence-corrected chi connectivity index (χ1v) is 8.60. The van der Waals surface area contributed by atoms with Gasteiger partial charge >= 0.3 is 0 Å². The minimum absolute atomic E-state index is 0.109. The highest BCUT2D eigenvalue weighted by atomic mass is 16.6.